The van der Waals surface area contributed by atoms with Crippen molar-refractivity contribution in [3.63, 3.8) is 0 Å². The minimum absolute atomic E-state index is 0.120. The van der Waals surface area contributed by atoms with E-state index >= 15 is 0 Å². The lowest BCUT2D eigenvalue weighted by Crippen LogP contribution is -2.38. The zero-order valence-electron chi connectivity index (χ0n) is 13.9. The van der Waals surface area contributed by atoms with Gasteiger partial charge in [-0.3, -0.25) is 9.59 Å². The second-order valence-electron chi connectivity index (χ2n) is 5.38. The second kappa shape index (κ2) is 8.23. The van der Waals surface area contributed by atoms with Gasteiger partial charge in [-0.15, -0.1) is 0 Å². The number of benzene rings is 2. The van der Waals surface area contributed by atoms with Gasteiger partial charge in [0, 0.05) is 13.6 Å². The average Bonchev–Trinajstić information content (AvgIpc) is 2.60. The van der Waals surface area contributed by atoms with E-state index in [4.69, 9.17) is 4.74 Å². The Balaban J connectivity index is 1.91. The summed E-state index contributed by atoms with van der Waals surface area (Å²) in [5.74, 6) is -2.12. The van der Waals surface area contributed by atoms with Crippen LogP contribution in [0.15, 0.2) is 42.5 Å². The molecule has 0 aliphatic carbocycles. The van der Waals surface area contributed by atoms with E-state index < -0.39 is 17.5 Å². The molecule has 2 rings (SSSR count). The Morgan fingerprint density at radius 2 is 1.84 bits per heavy atom. The second-order valence-corrected chi connectivity index (χ2v) is 5.38. The number of methoxy groups -OCH3 is 1. The third-order valence-electron chi connectivity index (χ3n) is 3.58. The number of rotatable bonds is 6. The molecule has 2 aromatic rings. The minimum Gasteiger partial charge on any atom is -0.494 e. The Morgan fingerprint density at radius 1 is 1.12 bits per heavy atom. The van der Waals surface area contributed by atoms with Crippen LogP contribution in [0.1, 0.15) is 15.9 Å². The topological polar surface area (TPSA) is 58.6 Å². The number of hydrogen-bond donors (Lipinski definition) is 1. The Bertz CT molecular complexity index is 781. The molecule has 25 heavy (non-hydrogen) atoms. The van der Waals surface area contributed by atoms with Crippen LogP contribution in [0.5, 0.6) is 5.75 Å². The lowest BCUT2D eigenvalue weighted by atomic mass is 10.2. The Labute approximate surface area is 144 Å². The summed E-state index contributed by atoms with van der Waals surface area (Å²) in [5, 5.41) is 2.37. The first-order chi connectivity index (χ1) is 11.9. The van der Waals surface area contributed by atoms with Crippen molar-refractivity contribution in [3.8, 4) is 5.75 Å². The van der Waals surface area contributed by atoms with E-state index in [0.717, 1.165) is 0 Å². The fraction of sp³-hybridized carbons (Fsp3) is 0.222. The number of hydrogen-bond acceptors (Lipinski definition) is 3. The van der Waals surface area contributed by atoms with Gasteiger partial charge in [-0.1, -0.05) is 18.2 Å². The Hall–Kier alpha value is -2.96. The molecule has 0 saturated carbocycles. The predicted octanol–water partition coefficient (Wildman–Crippen LogP) is 2.36. The lowest BCUT2D eigenvalue weighted by Gasteiger charge is -2.18. The molecule has 0 fully saturated rings. The van der Waals surface area contributed by atoms with Crippen LogP contribution in [0.2, 0.25) is 0 Å². The number of nitrogens with zero attached hydrogens (tertiary/aromatic N) is 1. The number of carbonyl (C=O) groups excluding carboxylic acids is 2. The van der Waals surface area contributed by atoms with Gasteiger partial charge < -0.3 is 15.0 Å². The van der Waals surface area contributed by atoms with Crippen LogP contribution in [0.4, 0.5) is 8.78 Å². The first-order valence-corrected chi connectivity index (χ1v) is 7.51. The van der Waals surface area contributed by atoms with Crippen LogP contribution >= 0.6 is 0 Å². The standard InChI is InChI=1S/C18H18F2N2O3/c1-22(11-12-7-8-16(25-2)15(20)9-12)17(23)10-21-18(24)13-5-3-4-6-14(13)19/h3-9H,10-11H2,1-2H3,(H,21,24). The molecular weight excluding hydrogens is 330 g/mol. The smallest absolute Gasteiger partial charge is 0.254 e. The van der Waals surface area contributed by atoms with Crippen molar-refractivity contribution < 1.29 is 23.1 Å². The van der Waals surface area contributed by atoms with Crippen LogP contribution < -0.4 is 10.1 Å². The highest BCUT2D eigenvalue weighted by Gasteiger charge is 2.15. The average molecular weight is 348 g/mol. The van der Waals surface area contributed by atoms with E-state index in [-0.39, 0.29) is 30.3 Å². The van der Waals surface area contributed by atoms with Gasteiger partial charge in [-0.25, -0.2) is 8.78 Å². The van der Waals surface area contributed by atoms with Crippen LogP contribution in [-0.2, 0) is 11.3 Å². The Morgan fingerprint density at radius 3 is 2.48 bits per heavy atom. The summed E-state index contributed by atoms with van der Waals surface area (Å²) in [4.78, 5) is 25.3. The molecule has 1 N–H and O–H groups in total. The van der Waals surface area contributed by atoms with Crippen molar-refractivity contribution in [2.24, 2.45) is 0 Å². The summed E-state index contributed by atoms with van der Waals surface area (Å²) < 4.78 is 32.0. The molecule has 0 bridgehead atoms. The van der Waals surface area contributed by atoms with Gasteiger partial charge in [0.2, 0.25) is 5.91 Å². The number of halogens is 2. The molecule has 0 atom stereocenters. The molecular formula is C18H18F2N2O3. The highest BCUT2D eigenvalue weighted by Crippen LogP contribution is 2.18. The molecule has 2 amide bonds. The first-order valence-electron chi connectivity index (χ1n) is 7.51. The number of carbonyl (C=O) groups is 2. The van der Waals surface area contributed by atoms with E-state index in [1.54, 1.807) is 6.07 Å². The quantitative estimate of drug-likeness (QED) is 0.872. The third-order valence-corrected chi connectivity index (χ3v) is 3.58. The van der Waals surface area contributed by atoms with Gasteiger partial charge in [0.15, 0.2) is 11.6 Å². The largest absolute Gasteiger partial charge is 0.494 e. The molecule has 0 radical (unpaired) electrons. The highest BCUT2D eigenvalue weighted by molar-refractivity contribution is 5.96. The van der Waals surface area contributed by atoms with Gasteiger partial charge in [-0.2, -0.15) is 0 Å². The van der Waals surface area contributed by atoms with E-state index in [2.05, 4.69) is 5.32 Å². The van der Waals surface area contributed by atoms with Crippen molar-refractivity contribution in [3.05, 3.63) is 65.2 Å². The van der Waals surface area contributed by atoms with Crippen molar-refractivity contribution in [2.45, 2.75) is 6.54 Å². The van der Waals surface area contributed by atoms with E-state index in [1.807, 2.05) is 0 Å². The number of likely N-dealkylation sites (N-methyl/N-ethyl adjacent to an activating group) is 1. The minimum atomic E-state index is -0.671. The predicted molar refractivity (Wildman–Crippen MR) is 88.2 cm³/mol. The molecule has 0 aliphatic rings. The molecule has 0 unspecified atom stereocenters. The maximum absolute atomic E-state index is 13.7. The fourth-order valence-corrected chi connectivity index (χ4v) is 2.20. The maximum atomic E-state index is 13.7. The zero-order valence-corrected chi connectivity index (χ0v) is 13.9. The zero-order chi connectivity index (χ0) is 18.4. The van der Waals surface area contributed by atoms with Crippen LogP contribution in [0.25, 0.3) is 0 Å². The normalized spacial score (nSPS) is 10.2. The van der Waals surface area contributed by atoms with Crippen molar-refractivity contribution in [2.75, 3.05) is 20.7 Å². The third kappa shape index (κ3) is 4.76. The summed E-state index contributed by atoms with van der Waals surface area (Å²) in [6.07, 6.45) is 0. The van der Waals surface area contributed by atoms with Gasteiger partial charge >= 0.3 is 0 Å². The summed E-state index contributed by atoms with van der Waals surface area (Å²) in [6.45, 7) is -0.127. The lowest BCUT2D eigenvalue weighted by molar-refractivity contribution is -0.129. The van der Waals surface area contributed by atoms with Crippen molar-refractivity contribution in [1.29, 1.82) is 0 Å². The van der Waals surface area contributed by atoms with E-state index in [0.29, 0.717) is 5.56 Å². The first kappa shape index (κ1) is 18.4. The van der Waals surface area contributed by atoms with Crippen LogP contribution in [-0.4, -0.2) is 37.4 Å². The maximum Gasteiger partial charge on any atom is 0.254 e. The summed E-state index contributed by atoms with van der Waals surface area (Å²) in [7, 11) is 2.89. The summed E-state index contributed by atoms with van der Waals surface area (Å²) >= 11 is 0. The molecule has 132 valence electrons. The van der Waals surface area contributed by atoms with Crippen molar-refractivity contribution >= 4 is 11.8 Å². The number of ether oxygens (including phenoxy) is 1. The van der Waals surface area contributed by atoms with Crippen molar-refractivity contribution in [1.82, 2.24) is 10.2 Å². The number of nitrogens with one attached hydrogen (secondary N) is 1. The van der Waals surface area contributed by atoms with Crippen LogP contribution in [0, 0.1) is 11.6 Å². The highest BCUT2D eigenvalue weighted by atomic mass is 19.1. The van der Waals surface area contributed by atoms with Crippen LogP contribution in [0.3, 0.4) is 0 Å². The summed E-state index contributed by atoms with van der Waals surface area (Å²) in [5.41, 5.74) is 0.449. The monoisotopic (exact) mass is 348 g/mol. The molecule has 2 aromatic carbocycles. The van der Waals surface area contributed by atoms with Gasteiger partial charge in [0.1, 0.15) is 5.82 Å². The van der Waals surface area contributed by atoms with E-state index in [9.17, 15) is 18.4 Å². The van der Waals surface area contributed by atoms with E-state index in [1.165, 1.54) is 55.5 Å². The number of amides is 2. The van der Waals surface area contributed by atoms with Gasteiger partial charge in [0.25, 0.3) is 5.91 Å². The molecule has 0 saturated heterocycles. The SMILES string of the molecule is COc1ccc(CN(C)C(=O)CNC(=O)c2ccccc2F)cc1F. The molecule has 0 aliphatic heterocycles. The summed E-state index contributed by atoms with van der Waals surface area (Å²) in [6, 6.07) is 9.90. The molecule has 7 heteroatoms. The molecule has 0 aromatic heterocycles. The molecule has 5 nitrogen and oxygen atoms in total. The molecule has 0 spiro atoms. The molecule has 0 heterocycles. The Kier molecular flexibility index (Phi) is 6.05. The van der Waals surface area contributed by atoms with Gasteiger partial charge in [-0.05, 0) is 29.8 Å². The van der Waals surface area contributed by atoms with Gasteiger partial charge in [0.05, 0.1) is 19.2 Å². The fourth-order valence-electron chi connectivity index (χ4n) is 2.20.